The average molecular weight is 329 g/mol. The Balaban J connectivity index is 2.11. The van der Waals surface area contributed by atoms with Gasteiger partial charge in [0.1, 0.15) is 11.5 Å². The molecule has 0 radical (unpaired) electrons. The minimum atomic E-state index is -1.15. The Morgan fingerprint density at radius 3 is 2.62 bits per heavy atom. The molecule has 0 fully saturated rings. The van der Waals surface area contributed by atoms with Crippen LogP contribution in [0.5, 0.6) is 5.75 Å². The number of carbonyl (C=O) groups excluding carboxylic acids is 1. The molecule has 5 nitrogen and oxygen atoms in total. The summed E-state index contributed by atoms with van der Waals surface area (Å²) < 4.78 is 10.6. The molecule has 0 bridgehead atoms. The Morgan fingerprint density at radius 1 is 1.33 bits per heavy atom. The largest absolute Gasteiger partial charge is 0.476 e. The molecule has 112 valence electrons. The molecule has 2 rings (SSSR count). The Kier molecular flexibility index (Phi) is 4.44. The smallest absolute Gasteiger partial charge is 0.269 e. The van der Waals surface area contributed by atoms with Crippen molar-refractivity contribution < 1.29 is 14.1 Å². The molecule has 0 unspecified atom stereocenters. The molecule has 0 saturated heterocycles. The Bertz CT molecular complexity index is 668. The summed E-state index contributed by atoms with van der Waals surface area (Å²) >= 11 is 11.9. The molecule has 0 atom stereocenters. The van der Waals surface area contributed by atoms with Crippen LogP contribution in [0.25, 0.3) is 0 Å². The molecule has 0 aliphatic rings. The molecule has 0 aliphatic heterocycles. The predicted octanol–water partition coefficient (Wildman–Crippen LogP) is 4.09. The molecule has 1 aromatic heterocycles. The van der Waals surface area contributed by atoms with Gasteiger partial charge in [0.05, 0.1) is 5.02 Å². The van der Waals surface area contributed by atoms with Crippen LogP contribution in [0.2, 0.25) is 10.0 Å². The van der Waals surface area contributed by atoms with Crippen molar-refractivity contribution >= 4 is 34.9 Å². The zero-order valence-corrected chi connectivity index (χ0v) is 13.2. The van der Waals surface area contributed by atoms with Crippen molar-refractivity contribution in [2.24, 2.45) is 0 Å². The number of hydrogen-bond donors (Lipinski definition) is 1. The zero-order chi connectivity index (χ0) is 15.6. The first-order chi connectivity index (χ1) is 9.78. The van der Waals surface area contributed by atoms with E-state index >= 15 is 0 Å². The van der Waals surface area contributed by atoms with E-state index in [2.05, 4.69) is 10.5 Å². The van der Waals surface area contributed by atoms with E-state index in [1.807, 2.05) is 0 Å². The minimum absolute atomic E-state index is 0.330. The highest BCUT2D eigenvalue weighted by molar-refractivity contribution is 6.35. The van der Waals surface area contributed by atoms with Crippen molar-refractivity contribution in [2.75, 3.05) is 5.32 Å². The summed E-state index contributed by atoms with van der Waals surface area (Å²) in [7, 11) is 0. The standard InChI is InChI=1S/C14H14Cl2N2O3/c1-8-6-12(18-21-8)17-13(19)14(2,3)20-11-5-4-9(15)7-10(11)16/h4-7H,1-3H3,(H,17,18,19). The van der Waals surface area contributed by atoms with Crippen LogP contribution in [0.1, 0.15) is 19.6 Å². The average Bonchev–Trinajstić information content (AvgIpc) is 2.78. The van der Waals surface area contributed by atoms with Crippen LogP contribution in [0, 0.1) is 6.92 Å². The van der Waals surface area contributed by atoms with Crippen molar-refractivity contribution in [3.05, 3.63) is 40.1 Å². The molecule has 0 saturated carbocycles. The van der Waals surface area contributed by atoms with Crippen molar-refractivity contribution in [3.8, 4) is 5.75 Å². The SMILES string of the molecule is Cc1cc(NC(=O)C(C)(C)Oc2ccc(Cl)cc2Cl)no1. The van der Waals surface area contributed by atoms with Gasteiger partial charge in [0.2, 0.25) is 0 Å². The van der Waals surface area contributed by atoms with Gasteiger partial charge in [0.15, 0.2) is 11.4 Å². The molecule has 1 amide bonds. The number of anilines is 1. The number of benzene rings is 1. The summed E-state index contributed by atoms with van der Waals surface area (Å²) in [6.07, 6.45) is 0. The molecule has 1 N–H and O–H groups in total. The summed E-state index contributed by atoms with van der Waals surface area (Å²) in [5.41, 5.74) is -1.15. The molecule has 7 heteroatoms. The van der Waals surface area contributed by atoms with E-state index in [1.54, 1.807) is 45.0 Å². The number of halogens is 2. The lowest BCUT2D eigenvalue weighted by Gasteiger charge is -2.25. The van der Waals surface area contributed by atoms with E-state index in [1.165, 1.54) is 0 Å². The maximum absolute atomic E-state index is 12.2. The molecule has 0 aliphatic carbocycles. The number of nitrogens with one attached hydrogen (secondary N) is 1. The lowest BCUT2D eigenvalue weighted by Crippen LogP contribution is -2.42. The third kappa shape index (κ3) is 3.89. The van der Waals surface area contributed by atoms with Crippen molar-refractivity contribution in [1.82, 2.24) is 5.16 Å². The van der Waals surface area contributed by atoms with Gasteiger partial charge in [-0.25, -0.2) is 0 Å². The monoisotopic (exact) mass is 328 g/mol. The number of hydrogen-bond acceptors (Lipinski definition) is 4. The fourth-order valence-electron chi connectivity index (χ4n) is 1.57. The molecular weight excluding hydrogens is 315 g/mol. The first-order valence-corrected chi connectivity index (χ1v) is 6.92. The molecule has 1 aromatic carbocycles. The zero-order valence-electron chi connectivity index (χ0n) is 11.7. The van der Waals surface area contributed by atoms with Gasteiger partial charge < -0.3 is 14.6 Å². The van der Waals surface area contributed by atoms with Gasteiger partial charge in [-0.3, -0.25) is 4.79 Å². The summed E-state index contributed by atoms with van der Waals surface area (Å²) in [5, 5.41) is 7.14. The van der Waals surface area contributed by atoms with Gasteiger partial charge in [0.25, 0.3) is 5.91 Å². The topological polar surface area (TPSA) is 64.4 Å². The van der Waals surface area contributed by atoms with Crippen molar-refractivity contribution in [2.45, 2.75) is 26.4 Å². The highest BCUT2D eigenvalue weighted by Crippen LogP contribution is 2.30. The molecule has 1 heterocycles. The van der Waals surface area contributed by atoms with Crippen LogP contribution in [0.4, 0.5) is 5.82 Å². The Hall–Kier alpha value is -1.72. The Labute approximate surface area is 132 Å². The third-order valence-electron chi connectivity index (χ3n) is 2.68. The fourth-order valence-corrected chi connectivity index (χ4v) is 2.02. The van der Waals surface area contributed by atoms with Crippen molar-refractivity contribution in [1.29, 1.82) is 0 Å². The van der Waals surface area contributed by atoms with E-state index in [0.29, 0.717) is 27.4 Å². The number of aryl methyl sites for hydroxylation is 1. The number of amides is 1. The summed E-state index contributed by atoms with van der Waals surface area (Å²) in [6, 6.07) is 6.41. The summed E-state index contributed by atoms with van der Waals surface area (Å²) in [4.78, 5) is 12.2. The summed E-state index contributed by atoms with van der Waals surface area (Å²) in [6.45, 7) is 4.98. The van der Waals surface area contributed by atoms with Crippen LogP contribution in [-0.2, 0) is 4.79 Å². The van der Waals surface area contributed by atoms with Crippen molar-refractivity contribution in [3.63, 3.8) is 0 Å². The van der Waals surface area contributed by atoms with E-state index in [9.17, 15) is 4.79 Å². The van der Waals surface area contributed by atoms with Gasteiger partial charge in [-0.05, 0) is 39.0 Å². The second-order valence-electron chi connectivity index (χ2n) is 4.96. The van der Waals surface area contributed by atoms with Crippen LogP contribution in [0.3, 0.4) is 0 Å². The second-order valence-corrected chi connectivity index (χ2v) is 5.81. The van der Waals surface area contributed by atoms with E-state index in [-0.39, 0.29) is 5.91 Å². The number of aromatic nitrogens is 1. The lowest BCUT2D eigenvalue weighted by atomic mass is 10.1. The van der Waals surface area contributed by atoms with Gasteiger partial charge in [-0.15, -0.1) is 0 Å². The van der Waals surface area contributed by atoms with Gasteiger partial charge in [-0.2, -0.15) is 0 Å². The number of nitrogens with zero attached hydrogens (tertiary/aromatic N) is 1. The number of ether oxygens (including phenoxy) is 1. The first kappa shape index (κ1) is 15.7. The second kappa shape index (κ2) is 5.95. The number of carbonyl (C=O) groups is 1. The van der Waals surface area contributed by atoms with Gasteiger partial charge >= 0.3 is 0 Å². The van der Waals surface area contributed by atoms with Crippen LogP contribution < -0.4 is 10.1 Å². The minimum Gasteiger partial charge on any atom is -0.476 e. The lowest BCUT2D eigenvalue weighted by molar-refractivity contribution is -0.128. The van der Waals surface area contributed by atoms with Crippen LogP contribution in [-0.4, -0.2) is 16.7 Å². The predicted molar refractivity (Wildman–Crippen MR) is 81.0 cm³/mol. The number of rotatable bonds is 4. The van der Waals surface area contributed by atoms with Crippen LogP contribution >= 0.6 is 23.2 Å². The van der Waals surface area contributed by atoms with Gasteiger partial charge in [-0.1, -0.05) is 28.4 Å². The van der Waals surface area contributed by atoms with Gasteiger partial charge in [0, 0.05) is 11.1 Å². The normalized spacial score (nSPS) is 11.3. The fraction of sp³-hybridized carbons (Fsp3) is 0.286. The maximum Gasteiger partial charge on any atom is 0.269 e. The first-order valence-electron chi connectivity index (χ1n) is 6.17. The van der Waals surface area contributed by atoms with E-state index in [4.69, 9.17) is 32.5 Å². The molecule has 21 heavy (non-hydrogen) atoms. The Morgan fingerprint density at radius 2 is 2.05 bits per heavy atom. The highest BCUT2D eigenvalue weighted by atomic mass is 35.5. The molecule has 2 aromatic rings. The molecule has 0 spiro atoms. The highest BCUT2D eigenvalue weighted by Gasteiger charge is 2.31. The van der Waals surface area contributed by atoms with E-state index in [0.717, 1.165) is 0 Å². The third-order valence-corrected chi connectivity index (χ3v) is 3.21. The molecular formula is C14H14Cl2N2O3. The van der Waals surface area contributed by atoms with E-state index < -0.39 is 5.60 Å². The summed E-state index contributed by atoms with van der Waals surface area (Å²) in [5.74, 6) is 0.931. The maximum atomic E-state index is 12.2. The quantitative estimate of drug-likeness (QED) is 0.918. The van der Waals surface area contributed by atoms with Crippen LogP contribution in [0.15, 0.2) is 28.8 Å².